The third kappa shape index (κ3) is 4.44. The quantitative estimate of drug-likeness (QED) is 0.870. The molecule has 0 bridgehead atoms. The fraction of sp³-hybridized carbons (Fsp3) is 0.786. The molecule has 4 nitrogen and oxygen atoms in total. The van der Waals surface area contributed by atoms with Crippen LogP contribution >= 0.6 is 11.3 Å². The predicted octanol–water partition coefficient (Wildman–Crippen LogP) is 2.50. The number of aromatic nitrogens is 1. The normalized spacial score (nSPS) is 20.2. The predicted molar refractivity (Wildman–Crippen MR) is 80.9 cm³/mol. The first-order valence-corrected chi connectivity index (χ1v) is 8.08. The molecule has 1 aromatic rings. The van der Waals surface area contributed by atoms with Crippen molar-refractivity contribution in [3.8, 4) is 0 Å². The zero-order valence-corrected chi connectivity index (χ0v) is 13.0. The molecule has 1 aliphatic heterocycles. The van der Waals surface area contributed by atoms with Gasteiger partial charge in [-0.05, 0) is 18.9 Å². The Morgan fingerprint density at radius 2 is 2.42 bits per heavy atom. The molecule has 1 N–H and O–H groups in total. The van der Waals surface area contributed by atoms with Gasteiger partial charge in [0.25, 0.3) is 0 Å². The first kappa shape index (κ1) is 14.8. The van der Waals surface area contributed by atoms with E-state index >= 15 is 0 Å². The van der Waals surface area contributed by atoms with Crippen molar-refractivity contribution in [2.24, 2.45) is 5.92 Å². The van der Waals surface area contributed by atoms with Gasteiger partial charge in [-0.15, -0.1) is 11.3 Å². The van der Waals surface area contributed by atoms with E-state index in [1.165, 1.54) is 0 Å². The number of hydrogen-bond acceptors (Lipinski definition) is 5. The van der Waals surface area contributed by atoms with Gasteiger partial charge in [-0.25, -0.2) is 4.98 Å². The Morgan fingerprint density at radius 3 is 3.16 bits per heavy atom. The van der Waals surface area contributed by atoms with Crippen LogP contribution in [0.2, 0.25) is 0 Å². The lowest BCUT2D eigenvalue weighted by atomic mass is 10.2. The molecule has 1 saturated heterocycles. The van der Waals surface area contributed by atoms with Gasteiger partial charge in [-0.3, -0.25) is 0 Å². The lowest BCUT2D eigenvalue weighted by Crippen LogP contribution is -2.42. The molecule has 2 rings (SSSR count). The number of anilines is 1. The monoisotopic (exact) mass is 283 g/mol. The number of thiazole rings is 1. The maximum atomic E-state index is 5.70. The molecular weight excluding hydrogens is 258 g/mol. The van der Waals surface area contributed by atoms with E-state index in [0.29, 0.717) is 12.0 Å². The van der Waals surface area contributed by atoms with E-state index < -0.39 is 0 Å². The molecule has 0 aliphatic carbocycles. The molecule has 0 spiro atoms. The average Bonchev–Trinajstić information content (AvgIpc) is 2.87. The summed E-state index contributed by atoms with van der Waals surface area (Å²) in [6.45, 7) is 11.3. The van der Waals surface area contributed by atoms with E-state index in [1.807, 2.05) is 0 Å². The molecule has 2 heterocycles. The van der Waals surface area contributed by atoms with Crippen LogP contribution in [0.5, 0.6) is 0 Å². The molecular formula is C14H25N3OS. The molecule has 1 atom stereocenters. The average molecular weight is 283 g/mol. The van der Waals surface area contributed by atoms with Gasteiger partial charge in [-0.2, -0.15) is 0 Å². The molecule has 0 saturated carbocycles. The van der Waals surface area contributed by atoms with Crippen LogP contribution in [-0.4, -0.2) is 37.3 Å². The fourth-order valence-electron chi connectivity index (χ4n) is 2.15. The number of nitrogens with zero attached hydrogens (tertiary/aromatic N) is 2. The van der Waals surface area contributed by atoms with E-state index in [4.69, 9.17) is 9.72 Å². The van der Waals surface area contributed by atoms with Gasteiger partial charge in [0.15, 0.2) is 5.13 Å². The molecule has 19 heavy (non-hydrogen) atoms. The zero-order chi connectivity index (χ0) is 13.7. The molecule has 1 unspecified atom stereocenters. The minimum absolute atomic E-state index is 0.361. The van der Waals surface area contributed by atoms with Crippen molar-refractivity contribution in [1.82, 2.24) is 10.3 Å². The second kappa shape index (κ2) is 7.22. The second-order valence-electron chi connectivity index (χ2n) is 5.49. The lowest BCUT2D eigenvalue weighted by molar-refractivity contribution is 0.0384. The van der Waals surface area contributed by atoms with E-state index in [2.05, 4.69) is 36.4 Å². The van der Waals surface area contributed by atoms with E-state index in [1.54, 1.807) is 11.3 Å². The third-order valence-electron chi connectivity index (χ3n) is 3.26. The summed E-state index contributed by atoms with van der Waals surface area (Å²) < 4.78 is 5.70. The van der Waals surface area contributed by atoms with Crippen molar-refractivity contribution in [1.29, 1.82) is 0 Å². The molecule has 1 fully saturated rings. The highest BCUT2D eigenvalue weighted by Crippen LogP contribution is 2.23. The van der Waals surface area contributed by atoms with Crippen molar-refractivity contribution in [2.75, 3.05) is 31.1 Å². The van der Waals surface area contributed by atoms with Crippen LogP contribution in [-0.2, 0) is 11.3 Å². The fourth-order valence-corrected chi connectivity index (χ4v) is 3.01. The third-order valence-corrected chi connectivity index (χ3v) is 4.21. The van der Waals surface area contributed by atoms with Crippen LogP contribution in [0, 0.1) is 5.92 Å². The van der Waals surface area contributed by atoms with Crippen LogP contribution in [0.4, 0.5) is 5.13 Å². The maximum Gasteiger partial charge on any atom is 0.185 e. The zero-order valence-electron chi connectivity index (χ0n) is 12.2. The largest absolute Gasteiger partial charge is 0.375 e. The van der Waals surface area contributed by atoms with Gasteiger partial charge < -0.3 is 15.0 Å². The van der Waals surface area contributed by atoms with Crippen molar-refractivity contribution in [3.05, 3.63) is 11.1 Å². The van der Waals surface area contributed by atoms with E-state index in [9.17, 15) is 0 Å². The minimum Gasteiger partial charge on any atom is -0.375 e. The molecule has 0 amide bonds. The molecule has 1 aromatic heterocycles. The summed E-state index contributed by atoms with van der Waals surface area (Å²) in [6, 6.07) is 0. The lowest BCUT2D eigenvalue weighted by Gasteiger charge is -2.32. The summed E-state index contributed by atoms with van der Waals surface area (Å²) in [7, 11) is 0. The summed E-state index contributed by atoms with van der Waals surface area (Å²) >= 11 is 1.75. The van der Waals surface area contributed by atoms with Gasteiger partial charge in [-0.1, -0.05) is 20.8 Å². The smallest absolute Gasteiger partial charge is 0.185 e. The molecule has 5 heteroatoms. The summed E-state index contributed by atoms with van der Waals surface area (Å²) in [5.41, 5.74) is 1.15. The Kier molecular flexibility index (Phi) is 5.60. The van der Waals surface area contributed by atoms with Gasteiger partial charge in [0.2, 0.25) is 0 Å². The first-order chi connectivity index (χ1) is 9.19. The number of hydrogen-bond donors (Lipinski definition) is 1. The van der Waals surface area contributed by atoms with Crippen LogP contribution in [0.25, 0.3) is 0 Å². The molecule has 108 valence electrons. The molecule has 1 aliphatic rings. The van der Waals surface area contributed by atoms with Gasteiger partial charge >= 0.3 is 0 Å². The van der Waals surface area contributed by atoms with Gasteiger partial charge in [0, 0.05) is 25.0 Å². The summed E-state index contributed by atoms with van der Waals surface area (Å²) in [5, 5.41) is 6.75. The Balaban J connectivity index is 1.85. The Hall–Kier alpha value is -0.650. The highest BCUT2D eigenvalue weighted by Gasteiger charge is 2.21. The van der Waals surface area contributed by atoms with E-state index in [0.717, 1.165) is 50.0 Å². The van der Waals surface area contributed by atoms with Crippen LogP contribution in [0.1, 0.15) is 32.9 Å². The van der Waals surface area contributed by atoms with Gasteiger partial charge in [0.05, 0.1) is 18.4 Å². The minimum atomic E-state index is 0.361. The second-order valence-corrected chi connectivity index (χ2v) is 6.33. The van der Waals surface area contributed by atoms with Crippen LogP contribution in [0.3, 0.4) is 0 Å². The van der Waals surface area contributed by atoms with Crippen molar-refractivity contribution >= 4 is 16.5 Å². The first-order valence-electron chi connectivity index (χ1n) is 7.20. The number of morpholine rings is 1. The van der Waals surface area contributed by atoms with Crippen molar-refractivity contribution in [2.45, 2.75) is 39.8 Å². The number of ether oxygens (including phenoxy) is 1. The SMILES string of the molecule is CCC1CN(c2nc(CNCC(C)C)cs2)CCO1. The standard InChI is InChI=1S/C14H25N3OS/c1-4-13-9-17(5-6-18-13)14-16-12(10-19-14)8-15-7-11(2)3/h10-11,13,15H,4-9H2,1-3H3. The Morgan fingerprint density at radius 1 is 1.58 bits per heavy atom. The summed E-state index contributed by atoms with van der Waals surface area (Å²) in [6.07, 6.45) is 1.44. The molecule has 0 aromatic carbocycles. The van der Waals surface area contributed by atoms with Crippen molar-refractivity contribution < 1.29 is 4.74 Å². The highest BCUT2D eigenvalue weighted by molar-refractivity contribution is 7.13. The molecule has 0 radical (unpaired) electrons. The van der Waals surface area contributed by atoms with Gasteiger partial charge in [0.1, 0.15) is 0 Å². The number of nitrogens with one attached hydrogen (secondary N) is 1. The number of rotatable bonds is 6. The Bertz CT molecular complexity index is 381. The Labute approximate surface area is 120 Å². The van der Waals surface area contributed by atoms with Crippen molar-refractivity contribution in [3.63, 3.8) is 0 Å². The van der Waals surface area contributed by atoms with Crippen LogP contribution in [0.15, 0.2) is 5.38 Å². The highest BCUT2D eigenvalue weighted by atomic mass is 32.1. The maximum absolute atomic E-state index is 5.70. The topological polar surface area (TPSA) is 37.4 Å². The summed E-state index contributed by atoms with van der Waals surface area (Å²) in [5.74, 6) is 0.683. The van der Waals surface area contributed by atoms with Crippen LogP contribution < -0.4 is 10.2 Å². The summed E-state index contributed by atoms with van der Waals surface area (Å²) in [4.78, 5) is 7.08. The van der Waals surface area contributed by atoms with E-state index in [-0.39, 0.29) is 0 Å².